The summed E-state index contributed by atoms with van der Waals surface area (Å²) < 4.78 is 5.39. The monoisotopic (exact) mass is 311 g/mol. The Morgan fingerprint density at radius 3 is 2.50 bits per heavy atom. The predicted octanol–water partition coefficient (Wildman–Crippen LogP) is 2.33. The van der Waals surface area contributed by atoms with Gasteiger partial charge in [-0.15, -0.1) is 0 Å². The Hall–Kier alpha value is -1.20. The molecule has 1 unspecified atom stereocenters. The summed E-state index contributed by atoms with van der Waals surface area (Å²) in [5, 5.41) is 13.1. The summed E-state index contributed by atoms with van der Waals surface area (Å²) in [6, 6.07) is 0. The molecule has 5 heteroatoms. The lowest BCUT2D eigenvalue weighted by molar-refractivity contribution is -0.135. The van der Waals surface area contributed by atoms with Crippen molar-refractivity contribution in [3.8, 4) is 0 Å². The fourth-order valence-electron chi connectivity index (χ4n) is 2.69. The highest BCUT2D eigenvalue weighted by molar-refractivity contribution is 6.23. The molecular weight excluding hydrogens is 282 g/mol. The third kappa shape index (κ3) is 3.96. The van der Waals surface area contributed by atoms with Crippen molar-refractivity contribution >= 4 is 11.7 Å². The van der Waals surface area contributed by atoms with E-state index < -0.39 is 23.0 Å². The smallest absolute Gasteiger partial charge is 0.257 e. The third-order valence-electron chi connectivity index (χ3n) is 4.36. The molecule has 1 amide bonds. The summed E-state index contributed by atoms with van der Waals surface area (Å²) >= 11 is 0. The Balaban J connectivity index is 2.87. The summed E-state index contributed by atoms with van der Waals surface area (Å²) in [5.74, 6) is -1.03. The maximum absolute atomic E-state index is 12.5. The minimum absolute atomic E-state index is 0.00367. The van der Waals surface area contributed by atoms with Gasteiger partial charge in [-0.1, -0.05) is 46.5 Å². The zero-order valence-corrected chi connectivity index (χ0v) is 14.4. The number of rotatable bonds is 9. The lowest BCUT2D eigenvalue weighted by Crippen LogP contribution is -2.48. The predicted molar refractivity (Wildman–Crippen MR) is 85.2 cm³/mol. The fraction of sp³-hybridized carbons (Fsp3) is 0.765. The molecule has 2 atom stereocenters. The molecule has 22 heavy (non-hydrogen) atoms. The second-order valence-electron chi connectivity index (χ2n) is 6.58. The van der Waals surface area contributed by atoms with E-state index in [1.807, 2.05) is 13.8 Å². The van der Waals surface area contributed by atoms with Gasteiger partial charge in [-0.25, -0.2) is 0 Å². The highest BCUT2D eigenvalue weighted by atomic mass is 16.5. The van der Waals surface area contributed by atoms with Gasteiger partial charge in [0.2, 0.25) is 0 Å². The van der Waals surface area contributed by atoms with Crippen molar-refractivity contribution in [1.29, 1.82) is 0 Å². The Morgan fingerprint density at radius 1 is 1.41 bits per heavy atom. The number of unbranched alkanes of at least 4 members (excludes halogenated alkanes) is 3. The van der Waals surface area contributed by atoms with E-state index in [-0.39, 0.29) is 11.5 Å². The number of ketones is 1. The number of aliphatic hydroxyl groups is 1. The van der Waals surface area contributed by atoms with Gasteiger partial charge >= 0.3 is 0 Å². The van der Waals surface area contributed by atoms with Crippen molar-refractivity contribution in [2.24, 2.45) is 5.92 Å². The van der Waals surface area contributed by atoms with Gasteiger partial charge in [-0.05, 0) is 19.4 Å². The normalized spacial score (nSPS) is 24.1. The van der Waals surface area contributed by atoms with Crippen LogP contribution in [0.1, 0.15) is 59.8 Å². The molecule has 1 aliphatic heterocycles. The summed E-state index contributed by atoms with van der Waals surface area (Å²) in [6.07, 6.45) is 5.78. The SMILES string of the molecule is CCCCCC[C@](C)(O)C(=O)C1=CC(OC)(C(C)C)NC1=O. The number of Topliss-reactive ketones (excluding diaryl/α,β-unsaturated/α-hetero) is 1. The summed E-state index contributed by atoms with van der Waals surface area (Å²) in [5.41, 5.74) is -2.49. The van der Waals surface area contributed by atoms with E-state index in [1.165, 1.54) is 20.1 Å². The van der Waals surface area contributed by atoms with Crippen LogP contribution in [-0.4, -0.2) is 35.2 Å². The van der Waals surface area contributed by atoms with E-state index in [0.29, 0.717) is 6.42 Å². The summed E-state index contributed by atoms with van der Waals surface area (Å²) in [6.45, 7) is 7.39. The molecule has 0 saturated heterocycles. The number of carbonyl (C=O) groups is 2. The number of ether oxygens (including phenoxy) is 1. The summed E-state index contributed by atoms with van der Waals surface area (Å²) in [4.78, 5) is 24.7. The van der Waals surface area contributed by atoms with E-state index >= 15 is 0 Å². The molecule has 5 nitrogen and oxygen atoms in total. The molecular formula is C17H29NO4. The third-order valence-corrected chi connectivity index (χ3v) is 4.36. The lowest BCUT2D eigenvalue weighted by atomic mass is 9.88. The molecule has 1 rings (SSSR count). The van der Waals surface area contributed by atoms with Crippen LogP contribution < -0.4 is 5.32 Å². The molecule has 0 bridgehead atoms. The minimum Gasteiger partial charge on any atom is -0.382 e. The maximum Gasteiger partial charge on any atom is 0.257 e. The second-order valence-corrected chi connectivity index (χ2v) is 6.58. The highest BCUT2D eigenvalue weighted by Crippen LogP contribution is 2.30. The van der Waals surface area contributed by atoms with Crippen molar-refractivity contribution in [3.63, 3.8) is 0 Å². The average Bonchev–Trinajstić information content (AvgIpc) is 2.81. The number of methoxy groups -OCH3 is 1. The molecule has 0 aliphatic carbocycles. The van der Waals surface area contributed by atoms with Gasteiger partial charge in [0.15, 0.2) is 11.5 Å². The van der Waals surface area contributed by atoms with Gasteiger partial charge in [0, 0.05) is 13.0 Å². The molecule has 2 N–H and O–H groups in total. The van der Waals surface area contributed by atoms with Gasteiger partial charge in [0.25, 0.3) is 5.91 Å². The fourth-order valence-corrected chi connectivity index (χ4v) is 2.69. The average molecular weight is 311 g/mol. The van der Waals surface area contributed by atoms with Crippen molar-refractivity contribution in [2.75, 3.05) is 7.11 Å². The number of carbonyl (C=O) groups excluding carboxylic acids is 2. The molecule has 0 spiro atoms. The molecule has 0 saturated carbocycles. The first-order chi connectivity index (χ1) is 10.2. The van der Waals surface area contributed by atoms with E-state index in [9.17, 15) is 14.7 Å². The number of hydrogen-bond donors (Lipinski definition) is 2. The Morgan fingerprint density at radius 2 is 2.05 bits per heavy atom. The van der Waals surface area contributed by atoms with Crippen LogP contribution in [0.5, 0.6) is 0 Å². The van der Waals surface area contributed by atoms with E-state index in [0.717, 1.165) is 25.7 Å². The van der Waals surface area contributed by atoms with Gasteiger partial charge in [0.1, 0.15) is 5.60 Å². The standard InChI is InChI=1S/C17H29NO4/c1-6-7-8-9-10-16(4,21)14(19)13-11-17(22-5,12(2)3)18-15(13)20/h11-12,21H,6-10H2,1-5H3,(H,18,20)/t16-,17?/m0/s1. The van der Waals surface area contributed by atoms with Gasteiger partial charge in [0.05, 0.1) is 5.57 Å². The summed E-state index contributed by atoms with van der Waals surface area (Å²) in [7, 11) is 1.49. The molecule has 0 fully saturated rings. The van der Waals surface area contributed by atoms with Crippen LogP contribution in [-0.2, 0) is 14.3 Å². The van der Waals surface area contributed by atoms with Crippen LogP contribution in [0.4, 0.5) is 0 Å². The first-order valence-corrected chi connectivity index (χ1v) is 8.08. The molecule has 126 valence electrons. The van der Waals surface area contributed by atoms with E-state index in [4.69, 9.17) is 4.74 Å². The minimum atomic E-state index is -1.52. The molecule has 0 radical (unpaired) electrons. The zero-order chi connectivity index (χ0) is 17.0. The Labute approximate surface area is 133 Å². The van der Waals surface area contributed by atoms with Gasteiger partial charge in [-0.3, -0.25) is 9.59 Å². The molecule has 1 heterocycles. The van der Waals surface area contributed by atoms with Crippen molar-refractivity contribution in [3.05, 3.63) is 11.6 Å². The van der Waals surface area contributed by atoms with Crippen LogP contribution in [0.15, 0.2) is 11.6 Å². The second kappa shape index (κ2) is 7.38. The number of hydrogen-bond acceptors (Lipinski definition) is 4. The number of nitrogens with one attached hydrogen (secondary N) is 1. The van der Waals surface area contributed by atoms with Gasteiger partial charge < -0.3 is 15.2 Å². The zero-order valence-electron chi connectivity index (χ0n) is 14.4. The van der Waals surface area contributed by atoms with Crippen LogP contribution in [0.3, 0.4) is 0 Å². The van der Waals surface area contributed by atoms with Crippen molar-refractivity contribution < 1.29 is 19.4 Å². The molecule has 0 aromatic carbocycles. The molecule has 0 aromatic heterocycles. The Bertz CT molecular complexity index is 454. The molecule has 1 aliphatic rings. The van der Waals surface area contributed by atoms with Crippen molar-refractivity contribution in [1.82, 2.24) is 5.32 Å². The van der Waals surface area contributed by atoms with Gasteiger partial charge in [-0.2, -0.15) is 0 Å². The molecule has 0 aromatic rings. The quantitative estimate of drug-likeness (QED) is 0.506. The number of amides is 1. The van der Waals surface area contributed by atoms with Crippen LogP contribution >= 0.6 is 0 Å². The first-order valence-electron chi connectivity index (χ1n) is 8.08. The van der Waals surface area contributed by atoms with Crippen LogP contribution in [0.25, 0.3) is 0 Å². The van der Waals surface area contributed by atoms with E-state index in [1.54, 1.807) is 0 Å². The van der Waals surface area contributed by atoms with Crippen molar-refractivity contribution in [2.45, 2.75) is 71.1 Å². The highest BCUT2D eigenvalue weighted by Gasteiger charge is 2.45. The van der Waals surface area contributed by atoms with E-state index in [2.05, 4.69) is 12.2 Å². The lowest BCUT2D eigenvalue weighted by Gasteiger charge is -2.29. The largest absolute Gasteiger partial charge is 0.382 e. The first kappa shape index (κ1) is 18.8. The van der Waals surface area contributed by atoms with Crippen LogP contribution in [0.2, 0.25) is 0 Å². The van der Waals surface area contributed by atoms with Crippen LogP contribution in [0, 0.1) is 5.92 Å². The Kier molecular flexibility index (Phi) is 6.32. The maximum atomic E-state index is 12.5. The topological polar surface area (TPSA) is 75.6 Å².